The number of carbonyl (C=O) groups is 1. The van der Waals surface area contributed by atoms with Crippen molar-refractivity contribution < 1.29 is 4.79 Å². The van der Waals surface area contributed by atoms with Crippen LogP contribution in [0.5, 0.6) is 0 Å². The summed E-state index contributed by atoms with van der Waals surface area (Å²) in [4.78, 5) is 18.5. The zero-order valence-corrected chi connectivity index (χ0v) is 16.7. The number of rotatable bonds is 5. The van der Waals surface area contributed by atoms with Gasteiger partial charge in [0.25, 0.3) is 0 Å². The third-order valence-electron chi connectivity index (χ3n) is 4.68. The molecule has 0 aliphatic carbocycles. The summed E-state index contributed by atoms with van der Waals surface area (Å²) in [5, 5.41) is 8.66. The van der Waals surface area contributed by atoms with Gasteiger partial charge in [0.05, 0.1) is 6.04 Å². The Bertz CT molecular complexity index is 716. The summed E-state index contributed by atoms with van der Waals surface area (Å²) >= 11 is 7.73. The van der Waals surface area contributed by atoms with Gasteiger partial charge >= 0.3 is 6.03 Å². The van der Waals surface area contributed by atoms with Crippen LogP contribution in [0, 0.1) is 0 Å². The fourth-order valence-corrected chi connectivity index (χ4v) is 4.48. The molecule has 2 unspecified atom stereocenters. The minimum absolute atomic E-state index is 0.0174. The largest absolute Gasteiger partial charge is 0.333 e. The summed E-state index contributed by atoms with van der Waals surface area (Å²) in [5.74, 6) is 0. The van der Waals surface area contributed by atoms with Crippen molar-refractivity contribution >= 4 is 34.7 Å². The maximum Gasteiger partial charge on any atom is 0.319 e. The molecule has 2 amide bonds. The van der Waals surface area contributed by atoms with Crippen molar-refractivity contribution in [2.24, 2.45) is 0 Å². The minimum Gasteiger partial charge on any atom is -0.333 e. The predicted octanol–water partition coefficient (Wildman–Crippen LogP) is 3.90. The van der Waals surface area contributed by atoms with Crippen molar-refractivity contribution in [3.8, 4) is 0 Å². The lowest BCUT2D eigenvalue weighted by Gasteiger charge is -2.40. The molecule has 2 N–H and O–H groups in total. The van der Waals surface area contributed by atoms with Gasteiger partial charge in [-0.3, -0.25) is 4.90 Å². The average Bonchev–Trinajstić information content (AvgIpc) is 3.11. The van der Waals surface area contributed by atoms with Crippen molar-refractivity contribution in [3.63, 3.8) is 0 Å². The summed E-state index contributed by atoms with van der Waals surface area (Å²) in [6, 6.07) is 11.3. The molecule has 140 valence electrons. The van der Waals surface area contributed by atoms with Crippen LogP contribution in [-0.4, -0.2) is 55.1 Å². The molecule has 1 aromatic carbocycles. The molecule has 5 nitrogen and oxygen atoms in total. The third-order valence-corrected chi connectivity index (χ3v) is 5.86. The Labute approximate surface area is 163 Å². The van der Waals surface area contributed by atoms with Crippen LogP contribution in [0.25, 0.3) is 0 Å². The van der Waals surface area contributed by atoms with E-state index in [4.69, 9.17) is 11.6 Å². The van der Waals surface area contributed by atoms with E-state index < -0.39 is 0 Å². The third kappa shape index (κ3) is 4.98. The minimum atomic E-state index is -0.213. The van der Waals surface area contributed by atoms with E-state index in [1.165, 1.54) is 4.88 Å². The van der Waals surface area contributed by atoms with Crippen molar-refractivity contribution in [2.75, 3.05) is 38.5 Å². The summed E-state index contributed by atoms with van der Waals surface area (Å²) in [6.45, 7) is 6.16. The van der Waals surface area contributed by atoms with Gasteiger partial charge in [-0.15, -0.1) is 11.3 Å². The molecular weight excluding hydrogens is 368 g/mol. The molecule has 1 saturated heterocycles. The molecule has 0 radical (unpaired) electrons. The summed E-state index contributed by atoms with van der Waals surface area (Å²) in [7, 11) is 2.15. The first-order valence-electron chi connectivity index (χ1n) is 8.82. The molecule has 0 spiro atoms. The number of halogens is 1. The molecule has 1 aliphatic heterocycles. The highest BCUT2D eigenvalue weighted by Gasteiger charge is 2.30. The smallest absolute Gasteiger partial charge is 0.319 e. The lowest BCUT2D eigenvalue weighted by Crippen LogP contribution is -2.51. The highest BCUT2D eigenvalue weighted by Crippen LogP contribution is 2.29. The standard InChI is InChI=1S/C19H25ClN4OS/c1-14(21-19(25)22-16-6-3-5-15(20)13-16)18(17-7-4-12-26-17)24-10-8-23(2)9-11-24/h3-7,12-14,18H,8-11H2,1-2H3,(H2,21,22,25). The highest BCUT2D eigenvalue weighted by atomic mass is 35.5. The maximum atomic E-state index is 12.5. The number of hydrogen-bond donors (Lipinski definition) is 2. The van der Waals surface area contributed by atoms with Gasteiger partial charge in [-0.25, -0.2) is 4.79 Å². The first-order chi connectivity index (χ1) is 12.5. The maximum absolute atomic E-state index is 12.5. The Kier molecular flexibility index (Phi) is 6.53. The SMILES string of the molecule is CC(NC(=O)Nc1cccc(Cl)c1)C(c1cccs1)N1CCN(C)CC1. The molecule has 2 atom stereocenters. The lowest BCUT2D eigenvalue weighted by atomic mass is 10.1. The van der Waals surface area contributed by atoms with E-state index in [9.17, 15) is 4.79 Å². The van der Waals surface area contributed by atoms with E-state index in [1.54, 1.807) is 23.5 Å². The zero-order chi connectivity index (χ0) is 18.5. The Morgan fingerprint density at radius 1 is 1.19 bits per heavy atom. The van der Waals surface area contributed by atoms with Crippen LogP contribution >= 0.6 is 22.9 Å². The zero-order valence-electron chi connectivity index (χ0n) is 15.1. The number of anilines is 1. The molecule has 26 heavy (non-hydrogen) atoms. The number of hydrogen-bond acceptors (Lipinski definition) is 4. The molecule has 0 saturated carbocycles. The van der Waals surface area contributed by atoms with Crippen molar-refractivity contribution in [1.82, 2.24) is 15.1 Å². The lowest BCUT2D eigenvalue weighted by molar-refractivity contribution is 0.0971. The average molecular weight is 393 g/mol. The highest BCUT2D eigenvalue weighted by molar-refractivity contribution is 7.10. The molecule has 7 heteroatoms. The fraction of sp³-hybridized carbons (Fsp3) is 0.421. The van der Waals surface area contributed by atoms with Gasteiger partial charge in [-0.05, 0) is 43.6 Å². The Morgan fingerprint density at radius 3 is 2.62 bits per heavy atom. The van der Waals surface area contributed by atoms with Gasteiger partial charge in [0, 0.05) is 47.8 Å². The number of piperazine rings is 1. The van der Waals surface area contributed by atoms with Crippen LogP contribution < -0.4 is 10.6 Å². The molecule has 0 bridgehead atoms. The Balaban J connectivity index is 1.67. The van der Waals surface area contributed by atoms with Crippen LogP contribution in [0.3, 0.4) is 0 Å². The van der Waals surface area contributed by atoms with Crippen LogP contribution in [0.2, 0.25) is 5.02 Å². The molecule has 2 aromatic rings. The normalized spacial score (nSPS) is 18.3. The van der Waals surface area contributed by atoms with E-state index in [0.717, 1.165) is 26.2 Å². The van der Waals surface area contributed by atoms with E-state index in [0.29, 0.717) is 10.7 Å². The second-order valence-corrected chi connectivity index (χ2v) is 8.11. The number of nitrogens with zero attached hydrogens (tertiary/aromatic N) is 2. The topological polar surface area (TPSA) is 47.6 Å². The first kappa shape index (κ1) is 19.2. The van der Waals surface area contributed by atoms with Gasteiger partial charge in [0.15, 0.2) is 0 Å². The van der Waals surface area contributed by atoms with Crippen molar-refractivity contribution in [2.45, 2.75) is 19.0 Å². The number of benzene rings is 1. The van der Waals surface area contributed by atoms with Crippen molar-refractivity contribution in [3.05, 3.63) is 51.7 Å². The van der Waals surface area contributed by atoms with E-state index in [1.807, 2.05) is 12.1 Å². The van der Waals surface area contributed by atoms with E-state index in [-0.39, 0.29) is 18.1 Å². The number of urea groups is 1. The molecule has 1 aliphatic rings. The second kappa shape index (κ2) is 8.86. The van der Waals surface area contributed by atoms with Crippen LogP contribution in [0.1, 0.15) is 17.8 Å². The van der Waals surface area contributed by atoms with Gasteiger partial charge in [0.2, 0.25) is 0 Å². The van der Waals surface area contributed by atoms with Gasteiger partial charge in [-0.2, -0.15) is 0 Å². The predicted molar refractivity (Wildman–Crippen MR) is 109 cm³/mol. The monoisotopic (exact) mass is 392 g/mol. The number of amides is 2. The van der Waals surface area contributed by atoms with E-state index in [2.05, 4.69) is 51.9 Å². The number of thiophene rings is 1. The van der Waals surface area contributed by atoms with Gasteiger partial charge in [-0.1, -0.05) is 23.7 Å². The number of likely N-dealkylation sites (N-methyl/N-ethyl adjacent to an activating group) is 1. The van der Waals surface area contributed by atoms with Gasteiger partial charge < -0.3 is 15.5 Å². The van der Waals surface area contributed by atoms with Crippen molar-refractivity contribution in [1.29, 1.82) is 0 Å². The number of nitrogens with one attached hydrogen (secondary N) is 2. The summed E-state index contributed by atoms with van der Waals surface area (Å²) in [5.41, 5.74) is 0.689. The molecule has 3 rings (SSSR count). The van der Waals surface area contributed by atoms with Crippen LogP contribution in [0.15, 0.2) is 41.8 Å². The molecule has 1 aromatic heterocycles. The second-order valence-electron chi connectivity index (χ2n) is 6.70. The van der Waals surface area contributed by atoms with Crippen LogP contribution in [-0.2, 0) is 0 Å². The molecule has 2 heterocycles. The van der Waals surface area contributed by atoms with Crippen LogP contribution in [0.4, 0.5) is 10.5 Å². The van der Waals surface area contributed by atoms with E-state index >= 15 is 0 Å². The summed E-state index contributed by atoms with van der Waals surface area (Å²) < 4.78 is 0. The number of carbonyl (C=O) groups excluding carboxylic acids is 1. The van der Waals surface area contributed by atoms with Gasteiger partial charge in [0.1, 0.15) is 0 Å². The summed E-state index contributed by atoms with van der Waals surface area (Å²) in [6.07, 6.45) is 0. The fourth-order valence-electron chi connectivity index (χ4n) is 3.32. The Hall–Kier alpha value is -1.60. The quantitative estimate of drug-likeness (QED) is 0.811. The Morgan fingerprint density at radius 2 is 1.96 bits per heavy atom. The molecular formula is C19H25ClN4OS. The first-order valence-corrected chi connectivity index (χ1v) is 10.1. The molecule has 1 fully saturated rings.